The minimum atomic E-state index is -0.591. The molecule has 0 unspecified atom stereocenters. The van der Waals surface area contributed by atoms with Crippen molar-refractivity contribution in [2.24, 2.45) is 5.92 Å². The van der Waals surface area contributed by atoms with E-state index in [1.807, 2.05) is 60.7 Å². The van der Waals surface area contributed by atoms with Crippen molar-refractivity contribution in [3.05, 3.63) is 84.4 Å². The Hall–Kier alpha value is -2.96. The summed E-state index contributed by atoms with van der Waals surface area (Å²) in [6.45, 7) is 3.93. The van der Waals surface area contributed by atoms with Crippen molar-refractivity contribution in [3.63, 3.8) is 0 Å². The molecule has 2 atom stereocenters. The zero-order chi connectivity index (χ0) is 22.5. The maximum atomic E-state index is 12.9. The van der Waals surface area contributed by atoms with Crippen LogP contribution in [0.1, 0.15) is 24.0 Å². The monoisotopic (exact) mass is 424 g/mol. The van der Waals surface area contributed by atoms with Crippen LogP contribution < -0.4 is 5.32 Å². The first-order valence-corrected chi connectivity index (χ1v) is 10.6. The van der Waals surface area contributed by atoms with Gasteiger partial charge in [-0.05, 0) is 24.0 Å². The highest BCUT2D eigenvalue weighted by Gasteiger charge is 2.25. The van der Waals surface area contributed by atoms with Crippen molar-refractivity contribution in [1.82, 2.24) is 10.2 Å². The number of allylic oxidation sites excluding steroid dienone is 1. The van der Waals surface area contributed by atoms with Crippen LogP contribution in [0.2, 0.25) is 0 Å². The van der Waals surface area contributed by atoms with Crippen LogP contribution in [0.4, 0.5) is 0 Å². The molecule has 6 heteroatoms. The molecule has 0 saturated carbocycles. The number of carbonyl (C=O) groups is 2. The average Bonchev–Trinajstić information content (AvgIpc) is 2.79. The summed E-state index contributed by atoms with van der Waals surface area (Å²) in [4.78, 5) is 27.4. The van der Waals surface area contributed by atoms with E-state index in [0.717, 1.165) is 11.1 Å². The molecule has 3 N–H and O–H groups in total. The van der Waals surface area contributed by atoms with E-state index >= 15 is 0 Å². The Bertz CT molecular complexity index is 811. The van der Waals surface area contributed by atoms with Crippen molar-refractivity contribution in [2.75, 3.05) is 19.8 Å². The third-order valence-corrected chi connectivity index (χ3v) is 5.07. The molecular formula is C25H32N2O4. The predicted molar refractivity (Wildman–Crippen MR) is 121 cm³/mol. The molecule has 0 bridgehead atoms. The number of rotatable bonds is 13. The molecule has 0 spiro atoms. The van der Waals surface area contributed by atoms with Gasteiger partial charge in [-0.2, -0.15) is 0 Å². The van der Waals surface area contributed by atoms with Gasteiger partial charge in [-0.15, -0.1) is 6.58 Å². The third-order valence-electron chi connectivity index (χ3n) is 5.07. The maximum absolute atomic E-state index is 12.9. The van der Waals surface area contributed by atoms with Gasteiger partial charge in [0.05, 0.1) is 25.2 Å². The highest BCUT2D eigenvalue weighted by Crippen LogP contribution is 2.15. The summed E-state index contributed by atoms with van der Waals surface area (Å²) < 4.78 is 0. The molecule has 2 aromatic carbocycles. The van der Waals surface area contributed by atoms with Crippen LogP contribution in [0.15, 0.2) is 73.3 Å². The number of aliphatic hydroxyl groups is 2. The predicted octanol–water partition coefficient (Wildman–Crippen LogP) is 2.31. The standard InChI is InChI=1S/C25H32N2O4/c1-2-9-22(25(31)26-23(19-29)16-20-10-5-3-6-11-20)17-24(30)27(14-15-28)18-21-12-7-4-8-13-21/h2-8,10-13,22-23,28-29H,1,9,14-19H2,(H,26,31)/t22-,23+/m1/s1. The molecule has 0 saturated heterocycles. The van der Waals surface area contributed by atoms with Crippen molar-refractivity contribution in [2.45, 2.75) is 31.8 Å². The van der Waals surface area contributed by atoms with Crippen molar-refractivity contribution < 1.29 is 19.8 Å². The highest BCUT2D eigenvalue weighted by atomic mass is 16.3. The summed E-state index contributed by atoms with van der Waals surface area (Å²) in [5.41, 5.74) is 1.97. The second-order valence-electron chi connectivity index (χ2n) is 7.53. The third kappa shape index (κ3) is 8.36. The molecular weight excluding hydrogens is 392 g/mol. The first-order valence-electron chi connectivity index (χ1n) is 10.6. The molecule has 0 radical (unpaired) electrons. The molecule has 31 heavy (non-hydrogen) atoms. The van der Waals surface area contributed by atoms with Crippen LogP contribution >= 0.6 is 0 Å². The van der Waals surface area contributed by atoms with Crippen LogP contribution in [0, 0.1) is 5.92 Å². The number of nitrogens with one attached hydrogen (secondary N) is 1. The fourth-order valence-electron chi connectivity index (χ4n) is 3.42. The Morgan fingerprint density at radius 1 is 1.00 bits per heavy atom. The molecule has 0 aliphatic carbocycles. The highest BCUT2D eigenvalue weighted by molar-refractivity contribution is 5.86. The van der Waals surface area contributed by atoms with Gasteiger partial charge in [-0.1, -0.05) is 66.7 Å². The maximum Gasteiger partial charge on any atom is 0.224 e. The lowest BCUT2D eigenvalue weighted by Gasteiger charge is -2.25. The molecule has 0 aliphatic heterocycles. The molecule has 0 fully saturated rings. The zero-order valence-electron chi connectivity index (χ0n) is 17.8. The molecule has 166 valence electrons. The largest absolute Gasteiger partial charge is 0.395 e. The van der Waals surface area contributed by atoms with Crippen LogP contribution in [-0.2, 0) is 22.6 Å². The quantitative estimate of drug-likeness (QED) is 0.431. The minimum absolute atomic E-state index is 0.00811. The number of amides is 2. The van der Waals surface area contributed by atoms with Gasteiger partial charge in [0.1, 0.15) is 0 Å². The Morgan fingerprint density at radius 3 is 2.16 bits per heavy atom. The van der Waals surface area contributed by atoms with Gasteiger partial charge < -0.3 is 20.4 Å². The van der Waals surface area contributed by atoms with Gasteiger partial charge in [-0.25, -0.2) is 0 Å². The van der Waals surface area contributed by atoms with E-state index in [1.165, 1.54) is 0 Å². The van der Waals surface area contributed by atoms with Crippen LogP contribution in [0.25, 0.3) is 0 Å². The lowest BCUT2D eigenvalue weighted by atomic mass is 9.98. The fraction of sp³-hybridized carbons (Fsp3) is 0.360. The summed E-state index contributed by atoms with van der Waals surface area (Å²) in [6.07, 6.45) is 2.48. The number of hydrogen-bond donors (Lipinski definition) is 3. The van der Waals surface area contributed by atoms with Crippen LogP contribution in [0.5, 0.6) is 0 Å². The number of nitrogens with zero attached hydrogens (tertiary/aromatic N) is 1. The van der Waals surface area contributed by atoms with Crippen molar-refractivity contribution >= 4 is 11.8 Å². The van der Waals surface area contributed by atoms with E-state index in [9.17, 15) is 19.8 Å². The second kappa shape index (κ2) is 13.4. The summed E-state index contributed by atoms with van der Waals surface area (Å²) in [7, 11) is 0. The number of aliphatic hydroxyl groups excluding tert-OH is 2. The molecule has 6 nitrogen and oxygen atoms in total. The van der Waals surface area contributed by atoms with Gasteiger partial charge in [0, 0.05) is 19.5 Å². The molecule has 0 aromatic heterocycles. The Balaban J connectivity index is 2.01. The Labute approximate surface area is 184 Å². The topological polar surface area (TPSA) is 89.9 Å². The summed E-state index contributed by atoms with van der Waals surface area (Å²) in [5, 5.41) is 22.0. The molecule has 2 rings (SSSR count). The number of carbonyl (C=O) groups excluding carboxylic acids is 2. The summed E-state index contributed by atoms with van der Waals surface area (Å²) in [5.74, 6) is -1.08. The van der Waals surface area contributed by atoms with E-state index in [4.69, 9.17) is 0 Å². The Morgan fingerprint density at radius 2 is 1.61 bits per heavy atom. The molecule has 2 aromatic rings. The van der Waals surface area contributed by atoms with Crippen LogP contribution in [-0.4, -0.2) is 52.7 Å². The summed E-state index contributed by atoms with van der Waals surface area (Å²) in [6, 6.07) is 18.7. The minimum Gasteiger partial charge on any atom is -0.395 e. The summed E-state index contributed by atoms with van der Waals surface area (Å²) >= 11 is 0. The first-order chi connectivity index (χ1) is 15.1. The van der Waals surface area contributed by atoms with Gasteiger partial charge in [0.15, 0.2) is 0 Å². The Kier molecular flexibility index (Phi) is 10.5. The first kappa shape index (κ1) is 24.3. The molecule has 0 aliphatic rings. The number of hydrogen-bond acceptors (Lipinski definition) is 4. The fourth-order valence-corrected chi connectivity index (χ4v) is 3.42. The lowest BCUT2D eigenvalue weighted by molar-refractivity contribution is -0.137. The van der Waals surface area contributed by atoms with E-state index < -0.39 is 12.0 Å². The van der Waals surface area contributed by atoms with Crippen molar-refractivity contribution in [3.8, 4) is 0 Å². The van der Waals surface area contributed by atoms with Gasteiger partial charge in [0.2, 0.25) is 11.8 Å². The number of benzene rings is 2. The lowest BCUT2D eigenvalue weighted by Crippen LogP contribution is -2.44. The average molecular weight is 425 g/mol. The second-order valence-corrected chi connectivity index (χ2v) is 7.53. The van der Waals surface area contributed by atoms with Gasteiger partial charge in [0.25, 0.3) is 0 Å². The molecule has 0 heterocycles. The van der Waals surface area contributed by atoms with E-state index in [0.29, 0.717) is 19.4 Å². The van der Waals surface area contributed by atoms with Crippen LogP contribution in [0.3, 0.4) is 0 Å². The van der Waals surface area contributed by atoms with E-state index in [2.05, 4.69) is 11.9 Å². The van der Waals surface area contributed by atoms with Gasteiger partial charge in [-0.3, -0.25) is 9.59 Å². The zero-order valence-corrected chi connectivity index (χ0v) is 17.8. The smallest absolute Gasteiger partial charge is 0.224 e. The van der Waals surface area contributed by atoms with E-state index in [-0.39, 0.29) is 38.0 Å². The molecule has 2 amide bonds. The van der Waals surface area contributed by atoms with Gasteiger partial charge >= 0.3 is 0 Å². The SMILES string of the molecule is C=CC[C@H](CC(=O)N(CCO)Cc1ccccc1)C(=O)N[C@H](CO)Cc1ccccc1. The normalized spacial score (nSPS) is 12.6. The van der Waals surface area contributed by atoms with Crippen molar-refractivity contribution in [1.29, 1.82) is 0 Å². The van der Waals surface area contributed by atoms with E-state index in [1.54, 1.807) is 11.0 Å².